The lowest BCUT2D eigenvalue weighted by Crippen LogP contribution is -2.22. The van der Waals surface area contributed by atoms with Gasteiger partial charge >= 0.3 is 9.08 Å². The molecule has 7 heavy (non-hydrogen) atoms. The van der Waals surface area contributed by atoms with Crippen LogP contribution < -0.4 is 0 Å². The van der Waals surface area contributed by atoms with E-state index in [0.29, 0.717) is 0 Å². The molecule has 0 unspecified atom stereocenters. The van der Waals surface area contributed by atoms with E-state index in [1.807, 2.05) is 0 Å². The lowest BCUT2D eigenvalue weighted by molar-refractivity contribution is 0.212. The van der Waals surface area contributed by atoms with Crippen LogP contribution >= 0.6 is 0 Å². The van der Waals surface area contributed by atoms with E-state index in [-0.39, 0.29) is 0 Å². The van der Waals surface area contributed by atoms with Gasteiger partial charge in [0.15, 0.2) is 0 Å². The second kappa shape index (κ2) is 2.32. The van der Waals surface area contributed by atoms with E-state index in [9.17, 15) is 12.3 Å². The summed E-state index contributed by atoms with van der Waals surface area (Å²) in [4.78, 5) is 0. The van der Waals surface area contributed by atoms with Gasteiger partial charge in [-0.05, 0) is 0 Å². The monoisotopic (exact) mass is 130 g/mol. The van der Waals surface area contributed by atoms with E-state index in [1.165, 1.54) is 0 Å². The molecule has 1 nitrogen and oxygen atoms in total. The summed E-state index contributed by atoms with van der Waals surface area (Å²) >= 11 is 0. The van der Waals surface area contributed by atoms with Crippen molar-refractivity contribution in [3.05, 3.63) is 0 Å². The predicted octanol–water partition coefficient (Wildman–Crippen LogP) is 1.02. The van der Waals surface area contributed by atoms with Gasteiger partial charge in [0.1, 0.15) is 6.23 Å². The molecule has 0 bridgehead atoms. The maximum Gasteiger partial charge on any atom is 0.643 e. The summed E-state index contributed by atoms with van der Waals surface area (Å²) in [6, 6.07) is 0. The minimum absolute atomic E-state index is 1.02. The first kappa shape index (κ1) is 6.97. The van der Waals surface area contributed by atoms with Gasteiger partial charge in [-0.3, -0.25) is 0 Å². The molecular formula is C2H5F3OSi. The quantitative estimate of drug-likeness (QED) is 0.400. The van der Waals surface area contributed by atoms with E-state index >= 15 is 0 Å². The SMILES string of the molecule is COC[Si](F)(F)F. The van der Waals surface area contributed by atoms with Crippen LogP contribution in [0.25, 0.3) is 0 Å². The number of rotatable bonds is 2. The highest BCUT2D eigenvalue weighted by atomic mass is 28.5. The lowest BCUT2D eigenvalue weighted by Gasteiger charge is -1.96. The second-order valence-electron chi connectivity index (χ2n) is 1.05. The third-order valence-corrected chi connectivity index (χ3v) is 0.924. The van der Waals surface area contributed by atoms with Crippen LogP contribution in [0.15, 0.2) is 0 Å². The third-order valence-electron chi connectivity index (χ3n) is 0.308. The average molecular weight is 130 g/mol. The Morgan fingerprint density at radius 3 is 1.86 bits per heavy atom. The van der Waals surface area contributed by atoms with Crippen molar-refractivity contribution in [1.82, 2.24) is 0 Å². The fraction of sp³-hybridized carbons (Fsp3) is 1.00. The first-order valence-corrected chi connectivity index (χ1v) is 3.46. The molecule has 44 valence electrons. The van der Waals surface area contributed by atoms with E-state index in [2.05, 4.69) is 4.74 Å². The number of hydrogen-bond donors (Lipinski definition) is 0. The molecule has 0 aromatic heterocycles. The van der Waals surface area contributed by atoms with Crippen LogP contribution in [-0.2, 0) is 4.74 Å². The Morgan fingerprint density at radius 2 is 1.86 bits per heavy atom. The molecule has 0 saturated heterocycles. The molecule has 0 aromatic rings. The van der Waals surface area contributed by atoms with Crippen LogP contribution in [0.4, 0.5) is 12.3 Å². The van der Waals surface area contributed by atoms with E-state index in [1.54, 1.807) is 0 Å². The van der Waals surface area contributed by atoms with Crippen molar-refractivity contribution in [2.75, 3.05) is 13.3 Å². The topological polar surface area (TPSA) is 9.23 Å². The van der Waals surface area contributed by atoms with E-state index < -0.39 is 15.3 Å². The molecule has 0 heterocycles. The summed E-state index contributed by atoms with van der Waals surface area (Å²) in [6.45, 7) is 0. The smallest absolute Gasteiger partial charge is 0.379 e. The van der Waals surface area contributed by atoms with Crippen molar-refractivity contribution in [1.29, 1.82) is 0 Å². The van der Waals surface area contributed by atoms with Gasteiger partial charge in [0.05, 0.1) is 0 Å². The lowest BCUT2D eigenvalue weighted by atomic mass is 11.5. The molecule has 0 saturated carbocycles. The molecule has 0 aromatic carbocycles. The van der Waals surface area contributed by atoms with Crippen LogP contribution in [0, 0.1) is 0 Å². The maximum absolute atomic E-state index is 11.1. The first-order chi connectivity index (χ1) is 3.06. The summed E-state index contributed by atoms with van der Waals surface area (Å²) in [5, 5.41) is 0. The van der Waals surface area contributed by atoms with Crippen molar-refractivity contribution in [3.8, 4) is 0 Å². The zero-order valence-corrected chi connectivity index (χ0v) is 4.75. The van der Waals surface area contributed by atoms with Gasteiger partial charge in [-0.2, -0.15) is 0 Å². The molecule has 0 N–H and O–H groups in total. The van der Waals surface area contributed by atoms with Crippen molar-refractivity contribution in [2.24, 2.45) is 0 Å². The molecule has 0 radical (unpaired) electrons. The normalized spacial score (nSPS) is 12.0. The summed E-state index contributed by atoms with van der Waals surface area (Å²) in [5.41, 5.74) is 0. The number of halogens is 3. The molecule has 5 heteroatoms. The first-order valence-electron chi connectivity index (χ1n) is 1.62. The van der Waals surface area contributed by atoms with Gasteiger partial charge < -0.3 is 4.74 Å². The summed E-state index contributed by atoms with van der Waals surface area (Å²) in [5.74, 6) is 0. The maximum atomic E-state index is 11.1. The fourth-order valence-corrected chi connectivity index (χ4v) is 0.491. The van der Waals surface area contributed by atoms with Crippen molar-refractivity contribution < 1.29 is 17.1 Å². The average Bonchev–Trinajstić information content (AvgIpc) is 1.30. The Bertz CT molecular complexity index is 51.4. The summed E-state index contributed by atoms with van der Waals surface area (Å²) in [7, 11) is -4.34. The highest BCUT2D eigenvalue weighted by molar-refractivity contribution is 6.58. The zero-order chi connectivity index (χ0) is 5.91. The molecule has 0 atom stereocenters. The highest BCUT2D eigenvalue weighted by Crippen LogP contribution is 2.06. The highest BCUT2D eigenvalue weighted by Gasteiger charge is 2.36. The molecule has 0 aliphatic rings. The summed E-state index contributed by atoms with van der Waals surface area (Å²) in [6.07, 6.45) is -1.02. The largest absolute Gasteiger partial charge is 0.643 e. The third kappa shape index (κ3) is 5.97. The van der Waals surface area contributed by atoms with Crippen molar-refractivity contribution in [3.63, 3.8) is 0 Å². The second-order valence-corrected chi connectivity index (χ2v) is 2.57. The number of ether oxygens (including phenoxy) is 1. The van der Waals surface area contributed by atoms with Crippen molar-refractivity contribution >= 4 is 9.08 Å². The Kier molecular flexibility index (Phi) is 2.31. The number of methoxy groups -OCH3 is 1. The molecule has 0 spiro atoms. The van der Waals surface area contributed by atoms with Crippen LogP contribution in [0.2, 0.25) is 0 Å². The standard InChI is InChI=1S/C2H5F3OSi/c1-6-2-7(3,4)5/h2H2,1H3. The van der Waals surface area contributed by atoms with Gasteiger partial charge in [-0.1, -0.05) is 0 Å². The van der Waals surface area contributed by atoms with Crippen LogP contribution in [0.1, 0.15) is 0 Å². The fourth-order valence-electron chi connectivity index (χ4n) is 0.164. The van der Waals surface area contributed by atoms with E-state index in [4.69, 9.17) is 0 Å². The Labute approximate surface area is 40.6 Å². The zero-order valence-electron chi connectivity index (χ0n) is 3.75. The molecule has 0 rings (SSSR count). The minimum Gasteiger partial charge on any atom is -0.379 e. The van der Waals surface area contributed by atoms with Crippen LogP contribution in [-0.4, -0.2) is 22.4 Å². The van der Waals surface area contributed by atoms with Gasteiger partial charge in [0.2, 0.25) is 0 Å². The summed E-state index contributed by atoms with van der Waals surface area (Å²) < 4.78 is 37.1. The van der Waals surface area contributed by atoms with Crippen LogP contribution in [0.3, 0.4) is 0 Å². The van der Waals surface area contributed by atoms with Gasteiger partial charge in [0.25, 0.3) is 0 Å². The van der Waals surface area contributed by atoms with Crippen molar-refractivity contribution in [2.45, 2.75) is 0 Å². The van der Waals surface area contributed by atoms with Gasteiger partial charge in [-0.25, -0.2) is 12.3 Å². The van der Waals surface area contributed by atoms with Crippen LogP contribution in [0.5, 0.6) is 0 Å². The van der Waals surface area contributed by atoms with Gasteiger partial charge in [-0.15, -0.1) is 0 Å². The molecule has 0 aliphatic carbocycles. The minimum atomic E-state index is -5.38. The molecule has 0 fully saturated rings. The van der Waals surface area contributed by atoms with Gasteiger partial charge in [0, 0.05) is 7.11 Å². The Morgan fingerprint density at radius 1 is 1.43 bits per heavy atom. The van der Waals surface area contributed by atoms with E-state index in [0.717, 1.165) is 7.11 Å². The number of hydrogen-bond acceptors (Lipinski definition) is 1. The molecule has 0 amide bonds. The molecule has 0 aliphatic heterocycles. The Hall–Kier alpha value is -0.0331. The predicted molar refractivity (Wildman–Crippen MR) is 21.0 cm³/mol. The molecular weight excluding hydrogens is 125 g/mol. The Balaban J connectivity index is 3.15.